The van der Waals surface area contributed by atoms with Crippen molar-refractivity contribution in [3.63, 3.8) is 0 Å². The number of carbonyl (C=O) groups is 1. The molecule has 4 heteroatoms. The summed E-state index contributed by atoms with van der Waals surface area (Å²) in [5.41, 5.74) is 4.47. The number of rotatable bonds is 3. The van der Waals surface area contributed by atoms with Crippen LogP contribution < -0.4 is 5.32 Å². The van der Waals surface area contributed by atoms with E-state index in [1.54, 1.807) is 0 Å². The maximum atomic E-state index is 12.7. The second kappa shape index (κ2) is 7.70. The van der Waals surface area contributed by atoms with Crippen LogP contribution in [0.1, 0.15) is 23.6 Å². The molecule has 0 bridgehead atoms. The van der Waals surface area contributed by atoms with Crippen molar-refractivity contribution in [2.45, 2.75) is 33.4 Å². The van der Waals surface area contributed by atoms with E-state index in [-0.39, 0.29) is 12.1 Å². The molecule has 0 aliphatic carbocycles. The first-order valence-corrected chi connectivity index (χ1v) is 8.94. The largest absolute Gasteiger partial charge is 0.322 e. The standard InChI is InChI=1S/C21H27N3O/c1-16-9-10-17(2)20(13-16)22-21(25)24-12-11-23(14-18(24)3)15-19-7-5-4-6-8-19/h4-10,13,18H,11-12,14-15H2,1-3H3,(H,22,25)/t18-/m0/s1. The third-order valence-electron chi connectivity index (χ3n) is 4.86. The van der Waals surface area contributed by atoms with Gasteiger partial charge in [0.25, 0.3) is 0 Å². The molecule has 1 fully saturated rings. The topological polar surface area (TPSA) is 35.6 Å². The summed E-state index contributed by atoms with van der Waals surface area (Å²) in [4.78, 5) is 17.1. The minimum absolute atomic E-state index is 0.000520. The fraction of sp³-hybridized carbons (Fsp3) is 0.381. The Morgan fingerprint density at radius 2 is 1.88 bits per heavy atom. The average Bonchev–Trinajstić information content (AvgIpc) is 2.59. The van der Waals surface area contributed by atoms with E-state index in [1.807, 2.05) is 36.9 Å². The molecular weight excluding hydrogens is 310 g/mol. The Kier molecular flexibility index (Phi) is 5.39. The van der Waals surface area contributed by atoms with Gasteiger partial charge in [-0.1, -0.05) is 42.5 Å². The Balaban J connectivity index is 1.59. The lowest BCUT2D eigenvalue weighted by molar-refractivity contribution is 0.104. The van der Waals surface area contributed by atoms with Crippen LogP contribution in [-0.4, -0.2) is 41.5 Å². The lowest BCUT2D eigenvalue weighted by Crippen LogP contribution is -2.54. The van der Waals surface area contributed by atoms with Crippen molar-refractivity contribution < 1.29 is 4.79 Å². The van der Waals surface area contributed by atoms with Crippen LogP contribution in [0.2, 0.25) is 0 Å². The number of anilines is 1. The van der Waals surface area contributed by atoms with Gasteiger partial charge in [-0.15, -0.1) is 0 Å². The molecule has 2 amide bonds. The van der Waals surface area contributed by atoms with E-state index >= 15 is 0 Å². The molecule has 0 saturated carbocycles. The van der Waals surface area contributed by atoms with Gasteiger partial charge in [0.2, 0.25) is 0 Å². The first-order valence-electron chi connectivity index (χ1n) is 8.94. The van der Waals surface area contributed by atoms with Gasteiger partial charge in [-0.05, 0) is 43.5 Å². The van der Waals surface area contributed by atoms with Gasteiger partial charge in [0.05, 0.1) is 0 Å². The van der Waals surface area contributed by atoms with Crippen LogP contribution in [0, 0.1) is 13.8 Å². The third-order valence-corrected chi connectivity index (χ3v) is 4.86. The van der Waals surface area contributed by atoms with Gasteiger partial charge in [-0.2, -0.15) is 0 Å². The second-order valence-electron chi connectivity index (χ2n) is 7.01. The molecule has 25 heavy (non-hydrogen) atoms. The van der Waals surface area contributed by atoms with Crippen molar-refractivity contribution >= 4 is 11.7 Å². The summed E-state index contributed by atoms with van der Waals surface area (Å²) in [6.45, 7) is 9.69. The number of urea groups is 1. The van der Waals surface area contributed by atoms with Crippen LogP contribution in [-0.2, 0) is 6.54 Å². The first-order chi connectivity index (χ1) is 12.0. The quantitative estimate of drug-likeness (QED) is 0.917. The molecule has 1 aliphatic rings. The number of carbonyl (C=O) groups excluding carboxylic acids is 1. The molecule has 0 unspecified atom stereocenters. The van der Waals surface area contributed by atoms with Crippen molar-refractivity contribution in [1.29, 1.82) is 0 Å². The number of nitrogens with zero attached hydrogens (tertiary/aromatic N) is 2. The van der Waals surface area contributed by atoms with Crippen molar-refractivity contribution in [1.82, 2.24) is 9.80 Å². The number of aryl methyl sites for hydroxylation is 2. The summed E-state index contributed by atoms with van der Waals surface area (Å²) in [6, 6.07) is 16.9. The Morgan fingerprint density at radius 1 is 1.12 bits per heavy atom. The second-order valence-corrected chi connectivity index (χ2v) is 7.01. The molecule has 1 aliphatic heterocycles. The fourth-order valence-corrected chi connectivity index (χ4v) is 3.38. The van der Waals surface area contributed by atoms with E-state index < -0.39 is 0 Å². The number of hydrogen-bond donors (Lipinski definition) is 1. The smallest absolute Gasteiger partial charge is 0.319 e. The number of hydrogen-bond acceptors (Lipinski definition) is 2. The Bertz CT molecular complexity index is 729. The van der Waals surface area contributed by atoms with Gasteiger partial charge in [0.15, 0.2) is 0 Å². The summed E-state index contributed by atoms with van der Waals surface area (Å²) >= 11 is 0. The molecule has 132 valence electrons. The molecular formula is C21H27N3O. The van der Waals surface area contributed by atoms with Crippen molar-refractivity contribution in [2.24, 2.45) is 0 Å². The monoisotopic (exact) mass is 337 g/mol. The molecule has 1 atom stereocenters. The van der Waals surface area contributed by atoms with Crippen LogP contribution in [0.15, 0.2) is 48.5 Å². The van der Waals surface area contributed by atoms with Crippen LogP contribution in [0.4, 0.5) is 10.5 Å². The molecule has 1 saturated heterocycles. The number of amides is 2. The van der Waals surface area contributed by atoms with Gasteiger partial charge in [-0.25, -0.2) is 4.79 Å². The van der Waals surface area contributed by atoms with E-state index in [9.17, 15) is 4.79 Å². The molecule has 0 aromatic heterocycles. The minimum atomic E-state index is 0.000520. The van der Waals surface area contributed by atoms with Crippen LogP contribution in [0.3, 0.4) is 0 Å². The van der Waals surface area contributed by atoms with Crippen molar-refractivity contribution in [2.75, 3.05) is 25.0 Å². The molecule has 1 heterocycles. The van der Waals surface area contributed by atoms with E-state index in [2.05, 4.69) is 47.5 Å². The lowest BCUT2D eigenvalue weighted by Gasteiger charge is -2.39. The van der Waals surface area contributed by atoms with Crippen molar-refractivity contribution in [3.05, 3.63) is 65.2 Å². The average molecular weight is 337 g/mol. The normalized spacial score (nSPS) is 18.2. The van der Waals surface area contributed by atoms with E-state index in [0.717, 1.165) is 43.0 Å². The maximum absolute atomic E-state index is 12.7. The lowest BCUT2D eigenvalue weighted by atomic mass is 10.1. The van der Waals surface area contributed by atoms with Crippen molar-refractivity contribution in [3.8, 4) is 0 Å². The molecule has 2 aromatic carbocycles. The molecule has 0 spiro atoms. The SMILES string of the molecule is Cc1ccc(C)c(NC(=O)N2CCN(Cc3ccccc3)C[C@@H]2C)c1. The Labute approximate surface area is 150 Å². The molecule has 4 nitrogen and oxygen atoms in total. The zero-order chi connectivity index (χ0) is 17.8. The highest BCUT2D eigenvalue weighted by Gasteiger charge is 2.27. The summed E-state index contributed by atoms with van der Waals surface area (Å²) in [6.07, 6.45) is 0. The number of piperazine rings is 1. The molecule has 1 N–H and O–H groups in total. The zero-order valence-electron chi connectivity index (χ0n) is 15.3. The molecule has 0 radical (unpaired) electrons. The van der Waals surface area contributed by atoms with E-state index in [1.165, 1.54) is 5.56 Å². The summed E-state index contributed by atoms with van der Waals surface area (Å²) in [5, 5.41) is 3.08. The minimum Gasteiger partial charge on any atom is -0.319 e. The molecule has 3 rings (SSSR count). The van der Waals surface area contributed by atoms with E-state index in [0.29, 0.717) is 0 Å². The zero-order valence-corrected chi connectivity index (χ0v) is 15.3. The maximum Gasteiger partial charge on any atom is 0.322 e. The van der Waals surface area contributed by atoms with Gasteiger partial charge in [0, 0.05) is 37.9 Å². The predicted molar refractivity (Wildman–Crippen MR) is 103 cm³/mol. The molecule has 2 aromatic rings. The number of benzene rings is 2. The fourth-order valence-electron chi connectivity index (χ4n) is 3.38. The summed E-state index contributed by atoms with van der Waals surface area (Å²) in [7, 11) is 0. The van der Waals surface area contributed by atoms with Gasteiger partial charge < -0.3 is 10.2 Å². The van der Waals surface area contributed by atoms with Crippen LogP contribution in [0.25, 0.3) is 0 Å². The predicted octanol–water partition coefficient (Wildman–Crippen LogP) is 4.04. The summed E-state index contributed by atoms with van der Waals surface area (Å²) < 4.78 is 0. The summed E-state index contributed by atoms with van der Waals surface area (Å²) in [5.74, 6) is 0. The highest BCUT2D eigenvalue weighted by Crippen LogP contribution is 2.19. The first kappa shape index (κ1) is 17.5. The number of nitrogens with one attached hydrogen (secondary N) is 1. The van der Waals surface area contributed by atoms with Gasteiger partial charge in [0.1, 0.15) is 0 Å². The Hall–Kier alpha value is -2.33. The highest BCUT2D eigenvalue weighted by molar-refractivity contribution is 5.90. The van der Waals surface area contributed by atoms with Crippen LogP contribution >= 0.6 is 0 Å². The van der Waals surface area contributed by atoms with Crippen LogP contribution in [0.5, 0.6) is 0 Å². The van der Waals surface area contributed by atoms with Gasteiger partial charge >= 0.3 is 6.03 Å². The van der Waals surface area contributed by atoms with Gasteiger partial charge in [-0.3, -0.25) is 4.90 Å². The van der Waals surface area contributed by atoms with E-state index in [4.69, 9.17) is 0 Å². The Morgan fingerprint density at radius 3 is 2.60 bits per heavy atom. The highest BCUT2D eigenvalue weighted by atomic mass is 16.2. The third kappa shape index (κ3) is 4.40.